The van der Waals surface area contributed by atoms with E-state index in [0.29, 0.717) is 0 Å². The summed E-state index contributed by atoms with van der Waals surface area (Å²) < 4.78 is 6.94. The molecular formula is C27H33N3O. The summed E-state index contributed by atoms with van der Waals surface area (Å²) in [5.41, 5.74) is 5.65. The van der Waals surface area contributed by atoms with Crippen LogP contribution in [0.1, 0.15) is 51.3 Å². The highest BCUT2D eigenvalue weighted by molar-refractivity contribution is 5.93. The van der Waals surface area contributed by atoms with Crippen LogP contribution in [-0.4, -0.2) is 32.1 Å². The molecular weight excluding hydrogens is 382 g/mol. The van der Waals surface area contributed by atoms with Crippen LogP contribution in [0, 0.1) is 0 Å². The van der Waals surface area contributed by atoms with E-state index in [-0.39, 0.29) is 5.41 Å². The van der Waals surface area contributed by atoms with E-state index in [1.54, 1.807) is 0 Å². The van der Waals surface area contributed by atoms with Crippen molar-refractivity contribution in [1.82, 2.24) is 0 Å². The normalized spacial score (nSPS) is 20.6. The molecule has 0 aromatic heterocycles. The van der Waals surface area contributed by atoms with E-state index < -0.39 is 5.72 Å². The Balaban J connectivity index is 1.94. The molecule has 0 amide bonds. The van der Waals surface area contributed by atoms with E-state index in [1.807, 2.05) is 19.2 Å². The molecule has 2 aliphatic heterocycles. The molecule has 2 heterocycles. The Hall–Kier alpha value is -3.01. The average molecular weight is 416 g/mol. The molecule has 2 aromatic rings. The minimum absolute atomic E-state index is 0.271. The fourth-order valence-corrected chi connectivity index (χ4v) is 5.13. The van der Waals surface area contributed by atoms with Crippen LogP contribution in [0.5, 0.6) is 5.75 Å². The molecule has 0 radical (unpaired) electrons. The van der Waals surface area contributed by atoms with Gasteiger partial charge in [-0.3, -0.25) is 4.99 Å². The maximum Gasteiger partial charge on any atom is 0.228 e. The predicted molar refractivity (Wildman–Crippen MR) is 134 cm³/mol. The fourth-order valence-electron chi connectivity index (χ4n) is 5.13. The molecule has 4 rings (SSSR count). The maximum absolute atomic E-state index is 6.94. The molecule has 0 bridgehead atoms. The van der Waals surface area contributed by atoms with Crippen molar-refractivity contribution >= 4 is 35.4 Å². The van der Waals surface area contributed by atoms with Gasteiger partial charge in [0.25, 0.3) is 0 Å². The molecule has 0 aliphatic carbocycles. The summed E-state index contributed by atoms with van der Waals surface area (Å²) in [5, 5.41) is 0. The maximum atomic E-state index is 6.94. The number of hydrogen-bond donors (Lipinski definition) is 0. The van der Waals surface area contributed by atoms with Crippen LogP contribution in [0.25, 0.3) is 12.2 Å². The number of aliphatic imine (C=N–C) groups is 1. The Morgan fingerprint density at radius 1 is 1.16 bits per heavy atom. The predicted octanol–water partition coefficient (Wildman–Crippen LogP) is 6.43. The molecule has 0 saturated heterocycles. The Morgan fingerprint density at radius 3 is 2.48 bits per heavy atom. The summed E-state index contributed by atoms with van der Waals surface area (Å²) in [6.07, 6.45) is 8.09. The average Bonchev–Trinajstić information content (AvgIpc) is 2.93. The van der Waals surface area contributed by atoms with Gasteiger partial charge in [0.1, 0.15) is 5.69 Å². The molecule has 162 valence electrons. The molecule has 4 heteroatoms. The number of anilines is 2. The van der Waals surface area contributed by atoms with Crippen LogP contribution in [0.15, 0.2) is 48.0 Å². The lowest BCUT2D eigenvalue weighted by Crippen LogP contribution is -2.61. The van der Waals surface area contributed by atoms with E-state index in [1.165, 1.54) is 11.3 Å². The molecule has 2 aromatic carbocycles. The van der Waals surface area contributed by atoms with Crippen molar-refractivity contribution in [1.29, 1.82) is 0 Å². The summed E-state index contributed by atoms with van der Waals surface area (Å²) in [4.78, 5) is 9.60. The zero-order valence-corrected chi connectivity index (χ0v) is 19.6. The van der Waals surface area contributed by atoms with Crippen molar-refractivity contribution < 1.29 is 4.74 Å². The second-order valence-electron chi connectivity index (χ2n) is 8.70. The van der Waals surface area contributed by atoms with Crippen LogP contribution in [0.2, 0.25) is 0 Å². The number of ether oxygens (including phenoxy) is 1. The van der Waals surface area contributed by atoms with E-state index in [2.05, 4.69) is 93.6 Å². The lowest BCUT2D eigenvalue weighted by atomic mass is 9.77. The zero-order chi connectivity index (χ0) is 22.4. The minimum Gasteiger partial charge on any atom is -0.459 e. The highest BCUT2D eigenvalue weighted by atomic mass is 16.5. The third kappa shape index (κ3) is 2.84. The topological polar surface area (TPSA) is 28.1 Å². The van der Waals surface area contributed by atoms with Gasteiger partial charge in [-0.25, -0.2) is 0 Å². The molecule has 4 nitrogen and oxygen atoms in total. The van der Waals surface area contributed by atoms with Gasteiger partial charge in [0.2, 0.25) is 5.72 Å². The molecule has 0 fully saturated rings. The van der Waals surface area contributed by atoms with Gasteiger partial charge in [-0.1, -0.05) is 43.0 Å². The first kappa shape index (κ1) is 21.2. The van der Waals surface area contributed by atoms with Crippen LogP contribution in [-0.2, 0) is 5.41 Å². The third-order valence-corrected chi connectivity index (χ3v) is 6.93. The quantitative estimate of drug-likeness (QED) is 0.563. The first-order valence-corrected chi connectivity index (χ1v) is 11.1. The number of hydrogen-bond acceptors (Lipinski definition) is 4. The molecule has 1 spiro atoms. The summed E-state index contributed by atoms with van der Waals surface area (Å²) in [5.74, 6) is 0.816. The smallest absolute Gasteiger partial charge is 0.228 e. The number of likely N-dealkylation sites (N-methyl/N-ethyl adjacent to an activating group) is 1. The third-order valence-electron chi connectivity index (χ3n) is 6.93. The van der Waals surface area contributed by atoms with Gasteiger partial charge in [0.05, 0.1) is 11.6 Å². The summed E-state index contributed by atoms with van der Waals surface area (Å²) in [6, 6.07) is 10.7. The standard InChI is InChI=1S/C27H33N3O/c1-8-14-20-19(9-2)23(30(10-3)11-4)17-24-25(20)28-18-27(31-24)26(5,6)21-15-12-13-16-22(21)29(27)7/h8-9,12-18H,2,10-11H2,1,3-7H3/b14-8-. The Morgan fingerprint density at radius 2 is 1.87 bits per heavy atom. The fraction of sp³-hybridized carbons (Fsp3) is 0.370. The second kappa shape index (κ2) is 7.60. The number of rotatable bonds is 5. The first-order chi connectivity index (χ1) is 14.9. The van der Waals surface area contributed by atoms with Gasteiger partial charge in [0.15, 0.2) is 5.75 Å². The van der Waals surface area contributed by atoms with Gasteiger partial charge in [-0.05, 0) is 46.2 Å². The zero-order valence-electron chi connectivity index (χ0n) is 19.6. The van der Waals surface area contributed by atoms with E-state index in [9.17, 15) is 0 Å². The van der Waals surface area contributed by atoms with E-state index >= 15 is 0 Å². The highest BCUT2D eigenvalue weighted by Gasteiger charge is 2.58. The molecule has 0 N–H and O–H groups in total. The SMILES string of the molecule is C=Cc1c(N(CC)CC)cc2c(c1/C=C\C)N=CC1(O2)N(C)c2ccccc2C1(C)C. The number of para-hydroxylation sites is 1. The lowest BCUT2D eigenvalue weighted by Gasteiger charge is -2.45. The lowest BCUT2D eigenvalue weighted by molar-refractivity contribution is 0.0825. The second-order valence-corrected chi connectivity index (χ2v) is 8.70. The van der Waals surface area contributed by atoms with Gasteiger partial charge in [0, 0.05) is 48.7 Å². The van der Waals surface area contributed by atoms with Crippen molar-refractivity contribution in [3.05, 3.63) is 59.7 Å². The van der Waals surface area contributed by atoms with Gasteiger partial charge >= 0.3 is 0 Å². The van der Waals surface area contributed by atoms with Crippen molar-refractivity contribution in [2.24, 2.45) is 4.99 Å². The minimum atomic E-state index is -0.687. The van der Waals surface area contributed by atoms with E-state index in [0.717, 1.165) is 41.3 Å². The number of fused-ring (bicyclic) bond motifs is 2. The largest absolute Gasteiger partial charge is 0.459 e. The summed E-state index contributed by atoms with van der Waals surface area (Å²) >= 11 is 0. The van der Waals surface area contributed by atoms with Crippen molar-refractivity contribution in [3.63, 3.8) is 0 Å². The van der Waals surface area contributed by atoms with E-state index in [4.69, 9.17) is 9.73 Å². The van der Waals surface area contributed by atoms with Gasteiger partial charge in [-0.15, -0.1) is 0 Å². The highest BCUT2D eigenvalue weighted by Crippen LogP contribution is 2.54. The van der Waals surface area contributed by atoms with Gasteiger partial charge in [-0.2, -0.15) is 0 Å². The summed E-state index contributed by atoms with van der Waals surface area (Å²) in [6.45, 7) is 16.8. The Bertz CT molecular complexity index is 1080. The molecule has 1 unspecified atom stereocenters. The van der Waals surface area contributed by atoms with Crippen LogP contribution < -0.4 is 14.5 Å². The van der Waals surface area contributed by atoms with Crippen LogP contribution in [0.4, 0.5) is 17.1 Å². The summed E-state index contributed by atoms with van der Waals surface area (Å²) in [7, 11) is 2.10. The monoisotopic (exact) mass is 415 g/mol. The number of nitrogens with zero attached hydrogens (tertiary/aromatic N) is 3. The molecule has 0 saturated carbocycles. The Labute approximate surface area is 186 Å². The van der Waals surface area contributed by atoms with Crippen molar-refractivity contribution in [3.8, 4) is 5.75 Å². The molecule has 2 aliphatic rings. The van der Waals surface area contributed by atoms with Crippen molar-refractivity contribution in [2.45, 2.75) is 45.8 Å². The molecule has 1 atom stereocenters. The van der Waals surface area contributed by atoms with Crippen molar-refractivity contribution in [2.75, 3.05) is 29.9 Å². The molecule has 31 heavy (non-hydrogen) atoms. The van der Waals surface area contributed by atoms with Crippen LogP contribution >= 0.6 is 0 Å². The first-order valence-electron chi connectivity index (χ1n) is 11.1. The number of allylic oxidation sites excluding steroid dienone is 1. The Kier molecular flexibility index (Phi) is 5.20. The number of benzene rings is 2. The van der Waals surface area contributed by atoms with Gasteiger partial charge < -0.3 is 14.5 Å². The van der Waals surface area contributed by atoms with Crippen LogP contribution in [0.3, 0.4) is 0 Å².